The summed E-state index contributed by atoms with van der Waals surface area (Å²) in [6.07, 6.45) is 0. The van der Waals surface area contributed by atoms with E-state index >= 15 is 0 Å². The van der Waals surface area contributed by atoms with Gasteiger partial charge in [-0.3, -0.25) is 0 Å². The lowest BCUT2D eigenvalue weighted by Crippen LogP contribution is -2.28. The number of para-hydroxylation sites is 2. The third-order valence-electron chi connectivity index (χ3n) is 15.8. The van der Waals surface area contributed by atoms with Crippen molar-refractivity contribution >= 4 is 39.0 Å². The summed E-state index contributed by atoms with van der Waals surface area (Å²) in [5.41, 5.74) is 24.5. The van der Waals surface area contributed by atoms with E-state index in [0.717, 1.165) is 61.3 Å². The van der Waals surface area contributed by atoms with Gasteiger partial charge < -0.3 is 9.32 Å². The number of anilines is 3. The fourth-order valence-corrected chi connectivity index (χ4v) is 12.5. The molecule has 0 saturated carbocycles. The van der Waals surface area contributed by atoms with Crippen LogP contribution < -0.4 is 4.90 Å². The number of rotatable bonds is 8. The summed E-state index contributed by atoms with van der Waals surface area (Å²) < 4.78 is 6.33. The van der Waals surface area contributed by atoms with E-state index in [9.17, 15) is 0 Å². The summed E-state index contributed by atoms with van der Waals surface area (Å²) in [7, 11) is 0. The molecule has 0 atom stereocenters. The van der Waals surface area contributed by atoms with E-state index in [2.05, 4.69) is 274 Å². The molecule has 14 rings (SSSR count). The van der Waals surface area contributed by atoms with Gasteiger partial charge in [0.2, 0.25) is 0 Å². The van der Waals surface area contributed by atoms with Gasteiger partial charge in [-0.1, -0.05) is 220 Å². The molecule has 0 saturated heterocycles. The van der Waals surface area contributed by atoms with Crippen LogP contribution in [0.3, 0.4) is 0 Å². The average molecular weight is 920 g/mol. The maximum absolute atomic E-state index is 6.33. The van der Waals surface area contributed by atoms with Crippen LogP contribution in [0.1, 0.15) is 47.2 Å². The summed E-state index contributed by atoms with van der Waals surface area (Å²) >= 11 is 0. The van der Waals surface area contributed by atoms with Gasteiger partial charge in [0.15, 0.2) is 0 Å². The predicted molar refractivity (Wildman–Crippen MR) is 300 cm³/mol. The zero-order valence-corrected chi connectivity index (χ0v) is 40.2. The van der Waals surface area contributed by atoms with Crippen molar-refractivity contribution in [1.29, 1.82) is 0 Å². The standard InChI is InChI=1S/C70H49NO/c1-69(2)61-30-13-9-26-56(61)58-41-40-53(45-64(58)69)71(52-38-35-46(36-39-52)55-29-18-34-67-68(55)59-28-12-16-33-66(59)72-67)65-32-15-11-25-54(65)49-20-17-19-47(43-49)48-37-42-63-60(44-48)57-27-10-14-31-62(57)70(63,50-21-5-3-6-22-50)51-23-7-4-8-24-51/h3-45H,1-2H3. The number of fused-ring (bicyclic) bond motifs is 9. The molecular weight excluding hydrogens is 871 g/mol. The highest BCUT2D eigenvalue weighted by Gasteiger charge is 2.46. The average Bonchev–Trinajstić information content (AvgIpc) is 4.05. The molecule has 0 fully saturated rings. The first-order valence-corrected chi connectivity index (χ1v) is 25.1. The summed E-state index contributed by atoms with van der Waals surface area (Å²) in [5.74, 6) is 0. The molecule has 1 aromatic heterocycles. The van der Waals surface area contributed by atoms with Gasteiger partial charge in [0, 0.05) is 33.1 Å². The minimum Gasteiger partial charge on any atom is -0.456 e. The van der Waals surface area contributed by atoms with Crippen molar-refractivity contribution in [2.45, 2.75) is 24.7 Å². The highest BCUT2D eigenvalue weighted by Crippen LogP contribution is 2.57. The smallest absolute Gasteiger partial charge is 0.136 e. The van der Waals surface area contributed by atoms with Gasteiger partial charge in [-0.2, -0.15) is 0 Å². The monoisotopic (exact) mass is 919 g/mol. The third kappa shape index (κ3) is 6.28. The number of benzene rings is 11. The second-order valence-electron chi connectivity index (χ2n) is 19.9. The zero-order valence-electron chi connectivity index (χ0n) is 40.2. The molecule has 0 N–H and O–H groups in total. The van der Waals surface area contributed by atoms with Crippen LogP contribution in [0.4, 0.5) is 17.1 Å². The van der Waals surface area contributed by atoms with Crippen LogP contribution in [0.25, 0.3) is 77.6 Å². The van der Waals surface area contributed by atoms with Gasteiger partial charge in [-0.25, -0.2) is 0 Å². The maximum atomic E-state index is 6.33. The van der Waals surface area contributed by atoms with Crippen molar-refractivity contribution in [1.82, 2.24) is 0 Å². The molecule has 0 amide bonds. The van der Waals surface area contributed by atoms with E-state index in [-0.39, 0.29) is 5.41 Å². The van der Waals surface area contributed by atoms with Gasteiger partial charge in [0.1, 0.15) is 11.2 Å². The largest absolute Gasteiger partial charge is 0.456 e. The highest BCUT2D eigenvalue weighted by molar-refractivity contribution is 6.12. The Labute approximate surface area is 420 Å². The van der Waals surface area contributed by atoms with E-state index in [4.69, 9.17) is 4.42 Å². The first kappa shape index (κ1) is 41.9. The van der Waals surface area contributed by atoms with Crippen molar-refractivity contribution in [3.63, 3.8) is 0 Å². The summed E-state index contributed by atoms with van der Waals surface area (Å²) in [5, 5.41) is 2.27. The molecular formula is C70H49NO. The summed E-state index contributed by atoms with van der Waals surface area (Å²) in [4.78, 5) is 2.46. The van der Waals surface area contributed by atoms with E-state index in [0.29, 0.717) is 0 Å². The Morgan fingerprint density at radius 1 is 0.319 bits per heavy atom. The molecule has 2 aliphatic carbocycles. The van der Waals surface area contributed by atoms with Gasteiger partial charge in [0.25, 0.3) is 0 Å². The quantitative estimate of drug-likeness (QED) is 0.151. The molecule has 1 heterocycles. The van der Waals surface area contributed by atoms with Crippen LogP contribution >= 0.6 is 0 Å². The molecule has 0 aliphatic heterocycles. The van der Waals surface area contributed by atoms with E-state index in [1.165, 1.54) is 66.8 Å². The Balaban J connectivity index is 0.907. The van der Waals surface area contributed by atoms with Crippen molar-refractivity contribution in [2.24, 2.45) is 0 Å². The minimum atomic E-state index is -0.439. The maximum Gasteiger partial charge on any atom is 0.136 e. The molecule has 0 spiro atoms. The normalized spacial score (nSPS) is 13.6. The molecule has 2 nitrogen and oxygen atoms in total. The van der Waals surface area contributed by atoms with Gasteiger partial charge in [-0.15, -0.1) is 0 Å². The predicted octanol–water partition coefficient (Wildman–Crippen LogP) is 18.7. The Bertz CT molecular complexity index is 4030. The van der Waals surface area contributed by atoms with Crippen molar-refractivity contribution in [2.75, 3.05) is 4.90 Å². The molecule has 0 bridgehead atoms. The van der Waals surface area contributed by atoms with Crippen LogP contribution in [0, 0.1) is 0 Å². The molecule has 11 aromatic carbocycles. The van der Waals surface area contributed by atoms with Crippen molar-refractivity contribution in [3.8, 4) is 55.6 Å². The number of furan rings is 1. The van der Waals surface area contributed by atoms with Crippen LogP contribution in [-0.2, 0) is 10.8 Å². The van der Waals surface area contributed by atoms with Gasteiger partial charge >= 0.3 is 0 Å². The number of nitrogens with zero attached hydrogens (tertiary/aromatic N) is 1. The molecule has 340 valence electrons. The molecule has 72 heavy (non-hydrogen) atoms. The zero-order chi connectivity index (χ0) is 48.0. The molecule has 0 unspecified atom stereocenters. The van der Waals surface area contributed by atoms with Crippen molar-refractivity contribution in [3.05, 3.63) is 294 Å². The lowest BCUT2D eigenvalue weighted by molar-refractivity contribution is 0.660. The Morgan fingerprint density at radius 2 is 0.861 bits per heavy atom. The van der Waals surface area contributed by atoms with E-state index in [1.807, 2.05) is 6.07 Å². The SMILES string of the molecule is CC1(C)c2ccccc2-c2ccc(N(c3ccc(-c4cccc5oc6ccccc6c45)cc3)c3ccccc3-c3cccc(-c4ccc5c(c4)-c4ccccc4C5(c4ccccc4)c4ccccc4)c3)cc21. The van der Waals surface area contributed by atoms with Crippen LogP contribution in [0.15, 0.2) is 265 Å². The van der Waals surface area contributed by atoms with Gasteiger partial charge in [0.05, 0.1) is 11.1 Å². The number of hydrogen-bond donors (Lipinski definition) is 0. The Hall–Kier alpha value is -8.98. The van der Waals surface area contributed by atoms with Crippen LogP contribution in [-0.4, -0.2) is 0 Å². The second-order valence-corrected chi connectivity index (χ2v) is 19.9. The summed E-state index contributed by atoms with van der Waals surface area (Å²) in [6, 6.07) is 96.0. The topological polar surface area (TPSA) is 16.4 Å². The molecule has 12 aromatic rings. The molecule has 0 radical (unpaired) electrons. The van der Waals surface area contributed by atoms with Gasteiger partial charge in [-0.05, 0) is 138 Å². The first-order chi connectivity index (χ1) is 35.5. The summed E-state index contributed by atoms with van der Waals surface area (Å²) in [6.45, 7) is 4.72. The fourth-order valence-electron chi connectivity index (χ4n) is 12.5. The van der Waals surface area contributed by atoms with Crippen LogP contribution in [0.2, 0.25) is 0 Å². The lowest BCUT2D eigenvalue weighted by atomic mass is 9.67. The fraction of sp³-hybridized carbons (Fsp3) is 0.0571. The number of hydrogen-bond acceptors (Lipinski definition) is 2. The Morgan fingerprint density at radius 3 is 1.64 bits per heavy atom. The second kappa shape index (κ2) is 16.3. The molecule has 2 heteroatoms. The lowest BCUT2D eigenvalue weighted by Gasteiger charge is -2.33. The third-order valence-corrected chi connectivity index (χ3v) is 15.8. The first-order valence-electron chi connectivity index (χ1n) is 25.1. The Kier molecular flexibility index (Phi) is 9.50. The highest BCUT2D eigenvalue weighted by atomic mass is 16.3. The van der Waals surface area contributed by atoms with E-state index in [1.54, 1.807) is 0 Å². The van der Waals surface area contributed by atoms with Crippen LogP contribution in [0.5, 0.6) is 0 Å². The van der Waals surface area contributed by atoms with E-state index < -0.39 is 5.41 Å². The minimum absolute atomic E-state index is 0.157. The molecule has 2 aliphatic rings. The van der Waals surface area contributed by atoms with Crippen molar-refractivity contribution < 1.29 is 4.42 Å².